The first-order chi connectivity index (χ1) is 11.4. The van der Waals surface area contributed by atoms with E-state index in [1.807, 2.05) is 4.90 Å². The zero-order valence-corrected chi connectivity index (χ0v) is 14.1. The summed E-state index contributed by atoms with van der Waals surface area (Å²) in [4.78, 5) is 9.43. The Morgan fingerprint density at radius 1 is 1.12 bits per heavy atom. The summed E-state index contributed by atoms with van der Waals surface area (Å²) in [6.07, 6.45) is 0. The largest absolute Gasteiger partial charge is 0.368 e. The number of nitrogen functional groups attached to an aromatic ring is 1. The molecule has 2 aromatic rings. The van der Waals surface area contributed by atoms with E-state index in [1.165, 1.54) is 22.5 Å². The highest BCUT2D eigenvalue weighted by Gasteiger charge is 2.30. The molecule has 1 fully saturated rings. The van der Waals surface area contributed by atoms with Crippen molar-refractivity contribution < 1.29 is 12.8 Å². The third-order valence-corrected chi connectivity index (χ3v) is 5.84. The summed E-state index contributed by atoms with van der Waals surface area (Å²) in [5.74, 6) is -0.162. The molecule has 0 saturated carbocycles. The normalized spacial score (nSPS) is 16.3. The highest BCUT2D eigenvalue weighted by atomic mass is 35.5. The van der Waals surface area contributed by atoms with E-state index >= 15 is 0 Å². The Bertz CT molecular complexity index is 836. The minimum Gasteiger partial charge on any atom is -0.368 e. The zero-order valence-electron chi connectivity index (χ0n) is 12.6. The lowest BCUT2D eigenvalue weighted by Gasteiger charge is -2.34. The first kappa shape index (κ1) is 16.9. The highest BCUT2D eigenvalue weighted by molar-refractivity contribution is 7.89. The number of piperazine rings is 1. The van der Waals surface area contributed by atoms with Gasteiger partial charge >= 0.3 is 0 Å². The third-order valence-electron chi connectivity index (χ3n) is 3.72. The molecule has 10 heteroatoms. The number of halogens is 2. The van der Waals surface area contributed by atoms with E-state index in [-0.39, 0.29) is 29.1 Å². The number of anilines is 2. The maximum absolute atomic E-state index is 13.8. The molecule has 0 unspecified atom stereocenters. The van der Waals surface area contributed by atoms with Crippen LogP contribution in [0.3, 0.4) is 0 Å². The van der Waals surface area contributed by atoms with Crippen molar-refractivity contribution in [3.05, 3.63) is 41.3 Å². The molecule has 0 atom stereocenters. The zero-order chi connectivity index (χ0) is 17.3. The molecule has 1 aliphatic heterocycles. The average Bonchev–Trinajstić information content (AvgIpc) is 2.54. The second-order valence-corrected chi connectivity index (χ2v) is 7.52. The van der Waals surface area contributed by atoms with Crippen molar-refractivity contribution in [3.63, 3.8) is 0 Å². The summed E-state index contributed by atoms with van der Waals surface area (Å²) in [5.41, 5.74) is 5.57. The van der Waals surface area contributed by atoms with Crippen LogP contribution in [0.2, 0.25) is 5.15 Å². The first-order valence-electron chi connectivity index (χ1n) is 7.17. The summed E-state index contributed by atoms with van der Waals surface area (Å²) >= 11 is 5.86. The van der Waals surface area contributed by atoms with Gasteiger partial charge in [-0.25, -0.2) is 17.8 Å². The van der Waals surface area contributed by atoms with Gasteiger partial charge in [-0.15, -0.1) is 0 Å². The molecular formula is C14H15ClFN5O2S. The van der Waals surface area contributed by atoms with Gasteiger partial charge in [0.05, 0.1) is 0 Å². The maximum atomic E-state index is 13.8. The van der Waals surface area contributed by atoms with Gasteiger partial charge < -0.3 is 10.6 Å². The van der Waals surface area contributed by atoms with Gasteiger partial charge in [-0.3, -0.25) is 0 Å². The number of hydrogen-bond donors (Lipinski definition) is 1. The fraction of sp³-hybridized carbons (Fsp3) is 0.286. The molecule has 24 heavy (non-hydrogen) atoms. The lowest BCUT2D eigenvalue weighted by Crippen LogP contribution is -2.49. The second-order valence-electron chi connectivity index (χ2n) is 5.23. The molecule has 0 spiro atoms. The van der Waals surface area contributed by atoms with Crippen LogP contribution in [0.5, 0.6) is 0 Å². The number of nitrogens with two attached hydrogens (primary N) is 1. The fourth-order valence-electron chi connectivity index (χ4n) is 2.54. The van der Waals surface area contributed by atoms with E-state index in [2.05, 4.69) is 9.97 Å². The molecule has 0 radical (unpaired) electrons. The van der Waals surface area contributed by atoms with Crippen molar-refractivity contribution in [2.75, 3.05) is 36.8 Å². The summed E-state index contributed by atoms with van der Waals surface area (Å²) in [6, 6.07) is 6.92. The smallest absolute Gasteiger partial charge is 0.246 e. The van der Waals surface area contributed by atoms with Crippen molar-refractivity contribution in [1.82, 2.24) is 14.3 Å². The molecule has 0 aliphatic carbocycles. The summed E-state index contributed by atoms with van der Waals surface area (Å²) in [5, 5.41) is 0.221. The summed E-state index contributed by atoms with van der Waals surface area (Å²) in [7, 11) is -3.87. The Balaban J connectivity index is 1.76. The molecule has 2 heterocycles. The Kier molecular flexibility index (Phi) is 4.57. The van der Waals surface area contributed by atoms with Crippen LogP contribution in [-0.2, 0) is 10.0 Å². The number of sulfonamides is 1. The molecule has 1 aromatic heterocycles. The molecule has 1 aromatic carbocycles. The molecular weight excluding hydrogens is 357 g/mol. The van der Waals surface area contributed by atoms with E-state index in [0.717, 1.165) is 6.07 Å². The van der Waals surface area contributed by atoms with Crippen molar-refractivity contribution >= 4 is 33.4 Å². The van der Waals surface area contributed by atoms with Crippen molar-refractivity contribution in [3.8, 4) is 0 Å². The molecule has 3 rings (SSSR count). The third kappa shape index (κ3) is 3.28. The van der Waals surface area contributed by atoms with Crippen LogP contribution >= 0.6 is 11.6 Å². The molecule has 1 saturated heterocycles. The molecule has 7 nitrogen and oxygen atoms in total. The Hall–Kier alpha value is -1.97. The van der Waals surface area contributed by atoms with E-state index in [9.17, 15) is 12.8 Å². The van der Waals surface area contributed by atoms with Crippen molar-refractivity contribution in [2.24, 2.45) is 0 Å². The van der Waals surface area contributed by atoms with Gasteiger partial charge in [0.15, 0.2) is 0 Å². The summed E-state index contributed by atoms with van der Waals surface area (Å²) in [6.45, 7) is 1.19. The quantitative estimate of drug-likeness (QED) is 0.819. The van der Waals surface area contributed by atoms with Crippen LogP contribution in [-0.4, -0.2) is 48.9 Å². The van der Waals surface area contributed by atoms with Crippen LogP contribution in [0, 0.1) is 5.82 Å². The van der Waals surface area contributed by atoms with E-state index in [0.29, 0.717) is 18.9 Å². The predicted molar refractivity (Wildman–Crippen MR) is 88.8 cm³/mol. The summed E-state index contributed by atoms with van der Waals surface area (Å²) < 4.78 is 40.2. The van der Waals surface area contributed by atoms with E-state index < -0.39 is 15.8 Å². The SMILES string of the molecule is Nc1nc(Cl)cc(N2CCN(S(=O)(=O)c3ccccc3F)CC2)n1. The van der Waals surface area contributed by atoms with Gasteiger partial charge in [-0.05, 0) is 12.1 Å². The Morgan fingerprint density at radius 3 is 2.42 bits per heavy atom. The minimum absolute atomic E-state index is 0.0545. The van der Waals surface area contributed by atoms with E-state index in [4.69, 9.17) is 17.3 Å². The molecule has 128 valence electrons. The van der Waals surface area contributed by atoms with Crippen LogP contribution in [0.1, 0.15) is 0 Å². The molecule has 0 bridgehead atoms. The molecule has 1 aliphatic rings. The predicted octanol–water partition coefficient (Wildman–Crippen LogP) is 1.36. The van der Waals surface area contributed by atoms with Crippen molar-refractivity contribution in [2.45, 2.75) is 4.90 Å². The first-order valence-corrected chi connectivity index (χ1v) is 8.99. The number of nitrogens with zero attached hydrogens (tertiary/aromatic N) is 4. The van der Waals surface area contributed by atoms with Gasteiger partial charge in [0.1, 0.15) is 21.7 Å². The lowest BCUT2D eigenvalue weighted by atomic mass is 10.3. The number of hydrogen-bond acceptors (Lipinski definition) is 6. The molecule has 0 amide bonds. The number of aromatic nitrogens is 2. The minimum atomic E-state index is -3.87. The van der Waals surface area contributed by atoms with Crippen LogP contribution in [0.25, 0.3) is 0 Å². The Morgan fingerprint density at radius 2 is 1.79 bits per heavy atom. The van der Waals surface area contributed by atoms with Crippen LogP contribution < -0.4 is 10.6 Å². The van der Waals surface area contributed by atoms with Crippen molar-refractivity contribution in [1.29, 1.82) is 0 Å². The fourth-order valence-corrected chi connectivity index (χ4v) is 4.21. The average molecular weight is 372 g/mol. The second kappa shape index (κ2) is 6.50. The number of benzene rings is 1. The van der Waals surface area contributed by atoms with Gasteiger partial charge in [0.2, 0.25) is 16.0 Å². The topological polar surface area (TPSA) is 92.4 Å². The van der Waals surface area contributed by atoms with Gasteiger partial charge in [0.25, 0.3) is 0 Å². The number of rotatable bonds is 3. The van der Waals surface area contributed by atoms with E-state index in [1.54, 1.807) is 6.07 Å². The van der Waals surface area contributed by atoms with Crippen LogP contribution in [0.15, 0.2) is 35.2 Å². The van der Waals surface area contributed by atoms with Gasteiger partial charge in [0, 0.05) is 32.2 Å². The van der Waals surface area contributed by atoms with Gasteiger partial charge in [-0.2, -0.15) is 9.29 Å². The lowest BCUT2D eigenvalue weighted by molar-refractivity contribution is 0.381. The monoisotopic (exact) mass is 371 g/mol. The Labute approximate surface area is 143 Å². The highest BCUT2D eigenvalue weighted by Crippen LogP contribution is 2.23. The van der Waals surface area contributed by atoms with Gasteiger partial charge in [-0.1, -0.05) is 23.7 Å². The molecule has 2 N–H and O–H groups in total. The maximum Gasteiger partial charge on any atom is 0.246 e. The standard InChI is InChI=1S/C14H15ClFN5O2S/c15-12-9-13(19-14(17)18-12)20-5-7-21(8-6-20)24(22,23)11-4-2-1-3-10(11)16/h1-4,9H,5-8H2,(H2,17,18,19). The van der Waals surface area contributed by atoms with Crippen LogP contribution in [0.4, 0.5) is 16.2 Å².